The van der Waals surface area contributed by atoms with Crippen LogP contribution in [0.5, 0.6) is 0 Å². The molecule has 2 rings (SSSR count). The van der Waals surface area contributed by atoms with Crippen LogP contribution in [0.1, 0.15) is 11.1 Å². The first kappa shape index (κ1) is 12.9. The van der Waals surface area contributed by atoms with E-state index in [2.05, 4.69) is 27.3 Å². The summed E-state index contributed by atoms with van der Waals surface area (Å²) in [5.74, 6) is 0. The van der Waals surface area contributed by atoms with E-state index >= 15 is 0 Å². The van der Waals surface area contributed by atoms with Gasteiger partial charge in [-0.25, -0.2) is 0 Å². The van der Waals surface area contributed by atoms with Crippen molar-refractivity contribution in [3.05, 3.63) is 57.0 Å². The molecule has 4 heteroatoms. The molecule has 1 N–H and O–H groups in total. The highest BCUT2D eigenvalue weighted by atomic mass is 79.9. The van der Waals surface area contributed by atoms with Gasteiger partial charge in [-0.15, -0.1) is 0 Å². The number of benzene rings is 2. The first-order valence-corrected chi connectivity index (χ1v) is 6.50. The van der Waals surface area contributed by atoms with E-state index < -0.39 is 0 Å². The van der Waals surface area contributed by atoms with Gasteiger partial charge in [0, 0.05) is 10.2 Å². The van der Waals surface area contributed by atoms with E-state index in [1.54, 1.807) is 6.07 Å². The lowest BCUT2D eigenvalue weighted by Gasteiger charge is -2.09. The van der Waals surface area contributed by atoms with Crippen LogP contribution in [-0.4, -0.2) is 0 Å². The molecule has 0 saturated carbocycles. The van der Waals surface area contributed by atoms with Gasteiger partial charge < -0.3 is 5.32 Å². The number of nitrogens with zero attached hydrogens (tertiary/aromatic N) is 1. The molecule has 0 aliphatic rings. The predicted octanol–water partition coefficient (Wildman–Crippen LogP) is 5.03. The molecule has 0 saturated heterocycles. The Kier molecular flexibility index (Phi) is 3.90. The standard InChI is InChI=1S/C14H10BrClN2/c1-9-2-5-14(13(16)6-9)18-11-4-3-10(8-17)12(15)7-11/h2-7,18H,1H3. The molecule has 0 fully saturated rings. The topological polar surface area (TPSA) is 35.8 Å². The van der Waals surface area contributed by atoms with E-state index in [1.807, 2.05) is 37.3 Å². The van der Waals surface area contributed by atoms with Gasteiger partial charge >= 0.3 is 0 Å². The van der Waals surface area contributed by atoms with E-state index in [-0.39, 0.29) is 0 Å². The fourth-order valence-electron chi connectivity index (χ4n) is 1.56. The summed E-state index contributed by atoms with van der Waals surface area (Å²) >= 11 is 9.51. The number of hydrogen-bond donors (Lipinski definition) is 1. The average Bonchev–Trinajstić information content (AvgIpc) is 2.33. The third-order valence-electron chi connectivity index (χ3n) is 2.49. The quantitative estimate of drug-likeness (QED) is 0.842. The van der Waals surface area contributed by atoms with Crippen molar-refractivity contribution >= 4 is 38.9 Å². The smallest absolute Gasteiger partial charge is 0.100 e. The van der Waals surface area contributed by atoms with Crippen LogP contribution in [0.3, 0.4) is 0 Å². The first-order chi connectivity index (χ1) is 8.60. The molecule has 0 amide bonds. The van der Waals surface area contributed by atoms with Gasteiger partial charge in [-0.1, -0.05) is 17.7 Å². The van der Waals surface area contributed by atoms with Crippen molar-refractivity contribution in [3.8, 4) is 6.07 Å². The second-order valence-corrected chi connectivity index (χ2v) is 5.18. The van der Waals surface area contributed by atoms with E-state index in [1.165, 1.54) is 0 Å². The lowest BCUT2D eigenvalue weighted by atomic mass is 10.2. The third-order valence-corrected chi connectivity index (χ3v) is 3.46. The Hall–Kier alpha value is -1.50. The molecule has 0 unspecified atom stereocenters. The molecule has 2 aromatic carbocycles. The summed E-state index contributed by atoms with van der Waals surface area (Å²) < 4.78 is 0.762. The highest BCUT2D eigenvalue weighted by Gasteiger charge is 2.03. The molecule has 0 aliphatic carbocycles. The maximum Gasteiger partial charge on any atom is 0.100 e. The van der Waals surface area contributed by atoms with Crippen molar-refractivity contribution in [1.82, 2.24) is 0 Å². The number of anilines is 2. The van der Waals surface area contributed by atoms with Crippen molar-refractivity contribution in [2.75, 3.05) is 5.32 Å². The Morgan fingerprint density at radius 1 is 1.22 bits per heavy atom. The van der Waals surface area contributed by atoms with E-state index in [9.17, 15) is 0 Å². The number of nitriles is 1. The zero-order valence-corrected chi connectivity index (χ0v) is 12.0. The van der Waals surface area contributed by atoms with E-state index in [0.717, 1.165) is 21.4 Å². The third kappa shape index (κ3) is 2.84. The Labute approximate surface area is 119 Å². The number of aryl methyl sites for hydroxylation is 1. The molecular weight excluding hydrogens is 312 g/mol. The van der Waals surface area contributed by atoms with Crippen molar-refractivity contribution in [2.24, 2.45) is 0 Å². The van der Waals surface area contributed by atoms with E-state index in [0.29, 0.717) is 10.6 Å². The number of halogens is 2. The Morgan fingerprint density at radius 2 is 2.00 bits per heavy atom. The SMILES string of the molecule is Cc1ccc(Nc2ccc(C#N)c(Br)c2)c(Cl)c1. The lowest BCUT2D eigenvalue weighted by molar-refractivity contribution is 1.44. The minimum atomic E-state index is 0.607. The molecule has 2 aromatic rings. The fraction of sp³-hybridized carbons (Fsp3) is 0.0714. The summed E-state index contributed by atoms with van der Waals surface area (Å²) in [5.41, 5.74) is 3.45. The van der Waals surface area contributed by atoms with Crippen LogP contribution in [-0.2, 0) is 0 Å². The highest BCUT2D eigenvalue weighted by Crippen LogP contribution is 2.28. The van der Waals surface area contributed by atoms with Crippen molar-refractivity contribution in [1.29, 1.82) is 5.26 Å². The predicted molar refractivity (Wildman–Crippen MR) is 78.3 cm³/mol. The van der Waals surface area contributed by atoms with Gasteiger partial charge in [0.05, 0.1) is 16.3 Å². The van der Waals surface area contributed by atoms with Crippen LogP contribution in [0.15, 0.2) is 40.9 Å². The first-order valence-electron chi connectivity index (χ1n) is 5.33. The van der Waals surface area contributed by atoms with Gasteiger partial charge in [-0.05, 0) is 58.7 Å². The molecule has 0 heterocycles. The van der Waals surface area contributed by atoms with Gasteiger partial charge in [0.25, 0.3) is 0 Å². The molecule has 0 radical (unpaired) electrons. The second-order valence-electron chi connectivity index (χ2n) is 3.91. The maximum absolute atomic E-state index is 8.85. The summed E-state index contributed by atoms with van der Waals surface area (Å²) in [5, 5.41) is 12.7. The van der Waals surface area contributed by atoms with Gasteiger partial charge in [0.1, 0.15) is 6.07 Å². The summed E-state index contributed by atoms with van der Waals surface area (Å²) in [6, 6.07) is 13.4. The molecular formula is C14H10BrClN2. The van der Waals surface area contributed by atoms with Crippen LogP contribution in [0, 0.1) is 18.3 Å². The molecule has 0 atom stereocenters. The number of hydrogen-bond acceptors (Lipinski definition) is 2. The molecule has 0 spiro atoms. The highest BCUT2D eigenvalue weighted by molar-refractivity contribution is 9.10. The van der Waals surface area contributed by atoms with Gasteiger partial charge in [0.2, 0.25) is 0 Å². The lowest BCUT2D eigenvalue weighted by Crippen LogP contribution is -1.92. The Morgan fingerprint density at radius 3 is 2.61 bits per heavy atom. The molecule has 0 aliphatic heterocycles. The monoisotopic (exact) mass is 320 g/mol. The number of nitrogens with one attached hydrogen (secondary N) is 1. The molecule has 2 nitrogen and oxygen atoms in total. The van der Waals surface area contributed by atoms with Gasteiger partial charge in [-0.3, -0.25) is 0 Å². The normalized spacial score (nSPS) is 9.89. The average molecular weight is 322 g/mol. The summed E-state index contributed by atoms with van der Waals surface area (Å²) in [6.45, 7) is 1.99. The summed E-state index contributed by atoms with van der Waals surface area (Å²) in [7, 11) is 0. The Bertz CT molecular complexity index is 632. The molecule has 0 aromatic heterocycles. The molecule has 0 bridgehead atoms. The van der Waals surface area contributed by atoms with Crippen molar-refractivity contribution < 1.29 is 0 Å². The minimum Gasteiger partial charge on any atom is -0.354 e. The fourth-order valence-corrected chi connectivity index (χ4v) is 2.31. The van der Waals surface area contributed by atoms with Crippen LogP contribution in [0.4, 0.5) is 11.4 Å². The van der Waals surface area contributed by atoms with Crippen molar-refractivity contribution in [3.63, 3.8) is 0 Å². The molecule has 90 valence electrons. The van der Waals surface area contributed by atoms with Crippen LogP contribution in [0.25, 0.3) is 0 Å². The zero-order chi connectivity index (χ0) is 13.1. The van der Waals surface area contributed by atoms with Crippen molar-refractivity contribution in [2.45, 2.75) is 6.92 Å². The Balaban J connectivity index is 2.29. The summed E-state index contributed by atoms with van der Waals surface area (Å²) in [4.78, 5) is 0. The zero-order valence-electron chi connectivity index (χ0n) is 9.67. The van der Waals surface area contributed by atoms with E-state index in [4.69, 9.17) is 16.9 Å². The van der Waals surface area contributed by atoms with Crippen LogP contribution in [0.2, 0.25) is 5.02 Å². The largest absolute Gasteiger partial charge is 0.354 e. The van der Waals surface area contributed by atoms with Gasteiger partial charge in [0.15, 0.2) is 0 Å². The second kappa shape index (κ2) is 5.43. The summed E-state index contributed by atoms with van der Waals surface area (Å²) in [6.07, 6.45) is 0. The molecule has 18 heavy (non-hydrogen) atoms. The number of rotatable bonds is 2. The van der Waals surface area contributed by atoms with Gasteiger partial charge in [-0.2, -0.15) is 5.26 Å². The minimum absolute atomic E-state index is 0.607. The maximum atomic E-state index is 8.85. The van der Waals surface area contributed by atoms with Crippen LogP contribution < -0.4 is 5.32 Å². The van der Waals surface area contributed by atoms with Crippen LogP contribution >= 0.6 is 27.5 Å².